The summed E-state index contributed by atoms with van der Waals surface area (Å²) < 4.78 is 30.5. The number of nitrogens with one attached hydrogen (secondary N) is 1. The van der Waals surface area contributed by atoms with Crippen molar-refractivity contribution in [2.45, 2.75) is 15.9 Å². The number of anilines is 1. The topological polar surface area (TPSA) is 64.0 Å². The molecule has 0 fully saturated rings. The molecular formula is C15H12ClN3O2S3. The lowest BCUT2D eigenvalue weighted by Crippen LogP contribution is -2.12. The first-order chi connectivity index (χ1) is 11.5. The van der Waals surface area contributed by atoms with E-state index < -0.39 is 10.0 Å². The number of imidazole rings is 1. The minimum Gasteiger partial charge on any atom is -0.325 e. The Morgan fingerprint density at radius 3 is 2.79 bits per heavy atom. The van der Waals surface area contributed by atoms with Crippen molar-refractivity contribution in [2.24, 2.45) is 0 Å². The number of rotatable bonds is 4. The zero-order valence-corrected chi connectivity index (χ0v) is 15.5. The summed E-state index contributed by atoms with van der Waals surface area (Å²) in [7, 11) is -3.67. The largest absolute Gasteiger partial charge is 0.325 e. The van der Waals surface area contributed by atoms with Crippen LogP contribution in [0.2, 0.25) is 4.34 Å². The molecule has 0 spiro atoms. The van der Waals surface area contributed by atoms with Gasteiger partial charge in [-0.2, -0.15) is 0 Å². The second-order valence-electron chi connectivity index (χ2n) is 5.16. The number of hydrogen-bond acceptors (Lipinski definition) is 5. The molecule has 24 heavy (non-hydrogen) atoms. The highest BCUT2D eigenvalue weighted by Gasteiger charge is 2.21. The standard InChI is InChI=1S/C15H12ClN3O2S3/c16-13-5-6-14(23-13)24(20,21)18-11-4-2-1-3-10(11)12-9-19-7-8-22-15(19)17-12/h1-6,9,18H,7-8H2. The molecule has 4 rings (SSSR count). The number of hydrogen-bond donors (Lipinski definition) is 1. The summed E-state index contributed by atoms with van der Waals surface area (Å²) in [5.74, 6) is 1.02. The van der Waals surface area contributed by atoms with Crippen molar-refractivity contribution in [1.82, 2.24) is 9.55 Å². The van der Waals surface area contributed by atoms with Crippen LogP contribution in [0.15, 0.2) is 52.0 Å². The van der Waals surface area contributed by atoms with E-state index in [1.165, 1.54) is 6.07 Å². The summed E-state index contributed by atoms with van der Waals surface area (Å²) in [6.07, 6.45) is 1.96. The Morgan fingerprint density at radius 2 is 2.04 bits per heavy atom. The van der Waals surface area contributed by atoms with Crippen molar-refractivity contribution >= 4 is 50.4 Å². The minimum atomic E-state index is -3.67. The summed E-state index contributed by atoms with van der Waals surface area (Å²) in [5, 5.41) is 0.965. The Kier molecular flexibility index (Phi) is 4.07. The van der Waals surface area contributed by atoms with E-state index in [1.807, 2.05) is 18.3 Å². The van der Waals surface area contributed by atoms with Gasteiger partial charge in [0.05, 0.1) is 15.7 Å². The van der Waals surface area contributed by atoms with Crippen molar-refractivity contribution in [1.29, 1.82) is 0 Å². The van der Waals surface area contributed by atoms with Crippen molar-refractivity contribution < 1.29 is 8.42 Å². The van der Waals surface area contributed by atoms with Crippen LogP contribution in [-0.2, 0) is 16.6 Å². The lowest BCUT2D eigenvalue weighted by Gasteiger charge is -2.10. The molecule has 0 saturated carbocycles. The maximum absolute atomic E-state index is 12.5. The smallest absolute Gasteiger partial charge is 0.271 e. The van der Waals surface area contributed by atoms with Gasteiger partial charge in [-0.15, -0.1) is 11.3 Å². The van der Waals surface area contributed by atoms with E-state index in [9.17, 15) is 8.42 Å². The molecular weight excluding hydrogens is 386 g/mol. The molecule has 2 aromatic heterocycles. The van der Waals surface area contributed by atoms with E-state index in [4.69, 9.17) is 11.6 Å². The van der Waals surface area contributed by atoms with Crippen molar-refractivity contribution in [3.05, 3.63) is 46.9 Å². The second kappa shape index (κ2) is 6.11. The van der Waals surface area contributed by atoms with E-state index in [-0.39, 0.29) is 4.21 Å². The monoisotopic (exact) mass is 397 g/mol. The number of thioether (sulfide) groups is 1. The van der Waals surface area contributed by atoms with Gasteiger partial charge in [0.2, 0.25) is 0 Å². The molecule has 0 amide bonds. The van der Waals surface area contributed by atoms with Gasteiger partial charge in [-0.3, -0.25) is 4.72 Å². The molecule has 0 bridgehead atoms. The molecule has 0 saturated heterocycles. The van der Waals surface area contributed by atoms with Crippen LogP contribution in [0.1, 0.15) is 0 Å². The van der Waals surface area contributed by atoms with Gasteiger partial charge in [-0.05, 0) is 18.2 Å². The molecule has 3 heterocycles. The fourth-order valence-electron chi connectivity index (χ4n) is 2.47. The molecule has 1 N–H and O–H groups in total. The third-order valence-electron chi connectivity index (χ3n) is 3.56. The number of nitrogens with zero attached hydrogens (tertiary/aromatic N) is 2. The van der Waals surface area contributed by atoms with Gasteiger partial charge in [0.25, 0.3) is 10.0 Å². The molecule has 0 atom stereocenters. The van der Waals surface area contributed by atoms with Crippen molar-refractivity contribution in [3.8, 4) is 11.3 Å². The quantitative estimate of drug-likeness (QED) is 0.717. The predicted octanol–water partition coefficient (Wildman–Crippen LogP) is 4.17. The molecule has 1 aromatic carbocycles. The van der Waals surface area contributed by atoms with Crippen LogP contribution in [0, 0.1) is 0 Å². The van der Waals surface area contributed by atoms with Crippen LogP contribution in [-0.4, -0.2) is 23.7 Å². The third-order valence-corrected chi connectivity index (χ3v) is 7.62. The Labute approximate surface area is 152 Å². The maximum Gasteiger partial charge on any atom is 0.271 e. The van der Waals surface area contributed by atoms with Crippen molar-refractivity contribution in [3.63, 3.8) is 0 Å². The van der Waals surface area contributed by atoms with E-state index in [1.54, 1.807) is 30.0 Å². The Balaban J connectivity index is 1.71. The normalized spacial score (nSPS) is 13.9. The van der Waals surface area contributed by atoms with Crippen LogP contribution >= 0.6 is 34.7 Å². The van der Waals surface area contributed by atoms with Crippen LogP contribution in [0.5, 0.6) is 0 Å². The van der Waals surface area contributed by atoms with E-state index in [0.717, 1.165) is 40.0 Å². The summed E-state index contributed by atoms with van der Waals surface area (Å²) >= 11 is 8.58. The zero-order valence-electron chi connectivity index (χ0n) is 12.3. The minimum absolute atomic E-state index is 0.185. The summed E-state index contributed by atoms with van der Waals surface area (Å²) in [6.45, 7) is 0.925. The lowest BCUT2D eigenvalue weighted by atomic mass is 10.1. The number of benzene rings is 1. The summed E-state index contributed by atoms with van der Waals surface area (Å²) in [5.41, 5.74) is 2.02. The van der Waals surface area contributed by atoms with E-state index >= 15 is 0 Å². The molecule has 5 nitrogen and oxygen atoms in total. The Bertz CT molecular complexity index is 989. The van der Waals surface area contributed by atoms with Gasteiger partial charge in [0.15, 0.2) is 5.16 Å². The van der Waals surface area contributed by atoms with Crippen LogP contribution in [0.4, 0.5) is 5.69 Å². The molecule has 0 unspecified atom stereocenters. The van der Waals surface area contributed by atoms with Gasteiger partial charge in [-0.1, -0.05) is 41.6 Å². The highest BCUT2D eigenvalue weighted by atomic mass is 35.5. The molecule has 1 aliphatic rings. The molecule has 9 heteroatoms. The predicted molar refractivity (Wildman–Crippen MR) is 98.5 cm³/mol. The molecule has 124 valence electrons. The number of aryl methyl sites for hydroxylation is 1. The highest BCUT2D eigenvalue weighted by molar-refractivity contribution is 7.99. The number of sulfonamides is 1. The van der Waals surface area contributed by atoms with Gasteiger partial charge in [0.1, 0.15) is 4.21 Å². The van der Waals surface area contributed by atoms with Gasteiger partial charge in [-0.25, -0.2) is 13.4 Å². The average molecular weight is 398 g/mol. The zero-order chi connectivity index (χ0) is 16.7. The summed E-state index contributed by atoms with van der Waals surface area (Å²) in [4.78, 5) is 4.60. The molecule has 1 aliphatic heterocycles. The van der Waals surface area contributed by atoms with Crippen LogP contribution in [0.3, 0.4) is 0 Å². The average Bonchev–Trinajstić information content (AvgIpc) is 3.22. The molecule has 3 aromatic rings. The van der Waals surface area contributed by atoms with Gasteiger partial charge >= 0.3 is 0 Å². The Morgan fingerprint density at radius 1 is 1.21 bits per heavy atom. The van der Waals surface area contributed by atoms with Crippen LogP contribution < -0.4 is 4.72 Å². The first-order valence-electron chi connectivity index (χ1n) is 7.10. The maximum atomic E-state index is 12.5. The number of thiophene rings is 1. The van der Waals surface area contributed by atoms with E-state index in [0.29, 0.717) is 10.0 Å². The Hall–Kier alpha value is -1.48. The van der Waals surface area contributed by atoms with E-state index in [2.05, 4.69) is 14.3 Å². The molecule has 0 radical (unpaired) electrons. The van der Waals surface area contributed by atoms with Gasteiger partial charge < -0.3 is 4.57 Å². The van der Waals surface area contributed by atoms with Crippen LogP contribution in [0.25, 0.3) is 11.3 Å². The number of para-hydroxylation sites is 1. The SMILES string of the molecule is O=S(=O)(Nc1ccccc1-c1cn2c(n1)SCC2)c1ccc(Cl)s1. The number of aromatic nitrogens is 2. The van der Waals surface area contributed by atoms with Gasteiger partial charge in [0, 0.05) is 24.1 Å². The van der Waals surface area contributed by atoms with Crippen molar-refractivity contribution in [2.75, 3.05) is 10.5 Å². The highest BCUT2D eigenvalue weighted by Crippen LogP contribution is 2.34. The second-order valence-corrected chi connectivity index (χ2v) is 9.85. The third kappa shape index (κ3) is 2.95. The fourth-order valence-corrected chi connectivity index (χ4v) is 5.98. The fraction of sp³-hybridized carbons (Fsp3) is 0.133. The first-order valence-corrected chi connectivity index (χ1v) is 10.8. The molecule has 0 aliphatic carbocycles. The number of halogens is 1. The summed E-state index contributed by atoms with van der Waals surface area (Å²) in [6, 6.07) is 10.3. The number of fused-ring (bicyclic) bond motifs is 1. The first kappa shape index (κ1) is 16.0. The lowest BCUT2D eigenvalue weighted by molar-refractivity contribution is 0.603.